The van der Waals surface area contributed by atoms with E-state index in [1.54, 1.807) is 11.0 Å². The van der Waals surface area contributed by atoms with Crippen molar-refractivity contribution >= 4 is 62.3 Å². The molecule has 2 heterocycles. The fraction of sp³-hybridized carbons (Fsp3) is 0.0952. The number of fused-ring (bicyclic) bond motifs is 1. The van der Waals surface area contributed by atoms with Gasteiger partial charge in [-0.05, 0) is 69.7 Å². The van der Waals surface area contributed by atoms with E-state index in [4.69, 9.17) is 21.7 Å². The number of halogens is 2. The van der Waals surface area contributed by atoms with Crippen LogP contribution >= 0.6 is 39.3 Å². The average molecular weight is 489 g/mol. The maximum atomic E-state index is 12.4. The summed E-state index contributed by atoms with van der Waals surface area (Å²) in [6.45, 7) is 2.30. The van der Waals surface area contributed by atoms with E-state index in [0.29, 0.717) is 22.5 Å². The fourth-order valence-corrected chi connectivity index (χ4v) is 4.37. The van der Waals surface area contributed by atoms with E-state index in [0.717, 1.165) is 21.3 Å². The van der Waals surface area contributed by atoms with Crippen molar-refractivity contribution in [3.8, 4) is 5.75 Å². The van der Waals surface area contributed by atoms with E-state index >= 15 is 0 Å². The molecule has 1 N–H and O–H groups in total. The Hall–Kier alpha value is -2.35. The van der Waals surface area contributed by atoms with Gasteiger partial charge >= 0.3 is 0 Å². The second-order valence-electron chi connectivity index (χ2n) is 6.42. The number of allylic oxidation sites excluding steroid dienone is 1. The van der Waals surface area contributed by atoms with Crippen molar-refractivity contribution in [2.45, 2.75) is 13.5 Å². The van der Waals surface area contributed by atoms with Gasteiger partial charge in [0.05, 0.1) is 10.0 Å². The van der Waals surface area contributed by atoms with Gasteiger partial charge in [0.25, 0.3) is 5.91 Å². The Labute approximate surface area is 185 Å². The Morgan fingerprint density at radius 2 is 2.03 bits per heavy atom. The third kappa shape index (κ3) is 4.17. The molecule has 0 bridgehead atoms. The molecule has 2 aliphatic heterocycles. The van der Waals surface area contributed by atoms with Gasteiger partial charge in [-0.25, -0.2) is 0 Å². The maximum absolute atomic E-state index is 12.4. The van der Waals surface area contributed by atoms with Gasteiger partial charge < -0.3 is 4.74 Å². The molecule has 0 spiro atoms. The predicted molar refractivity (Wildman–Crippen MR) is 121 cm³/mol. The Morgan fingerprint density at radius 3 is 2.76 bits per heavy atom. The number of carbonyl (C=O) groups is 1. The largest absolute Gasteiger partial charge is 0.488 e. The molecule has 2 aliphatic rings. The van der Waals surface area contributed by atoms with Crippen molar-refractivity contribution in [3.05, 3.63) is 79.8 Å². The van der Waals surface area contributed by atoms with Crippen LogP contribution in [0.3, 0.4) is 0 Å². The lowest BCUT2D eigenvalue weighted by Crippen LogP contribution is -2.37. The highest BCUT2D eigenvalue weighted by molar-refractivity contribution is 9.10. The van der Waals surface area contributed by atoms with Gasteiger partial charge in [0, 0.05) is 10.7 Å². The van der Waals surface area contributed by atoms with Crippen molar-refractivity contribution in [2.24, 2.45) is 4.99 Å². The first-order chi connectivity index (χ1) is 13.9. The first kappa shape index (κ1) is 19.9. The van der Waals surface area contributed by atoms with Crippen molar-refractivity contribution in [1.29, 1.82) is 5.41 Å². The Kier molecular flexibility index (Phi) is 5.63. The number of nitrogens with one attached hydrogen (secondary N) is 1. The minimum Gasteiger partial charge on any atom is -0.488 e. The molecule has 2 aromatic rings. The van der Waals surface area contributed by atoms with Gasteiger partial charge in [0.2, 0.25) is 0 Å². The molecule has 0 radical (unpaired) electrons. The van der Waals surface area contributed by atoms with Gasteiger partial charge in [-0.2, -0.15) is 4.99 Å². The van der Waals surface area contributed by atoms with Crippen LogP contribution in [0.25, 0.3) is 6.08 Å². The van der Waals surface area contributed by atoms with Crippen molar-refractivity contribution < 1.29 is 9.53 Å². The first-order valence-corrected chi connectivity index (χ1v) is 10.7. The third-order valence-corrected chi connectivity index (χ3v) is 6.18. The van der Waals surface area contributed by atoms with Crippen LogP contribution in [0, 0.1) is 5.41 Å². The van der Waals surface area contributed by atoms with E-state index in [2.05, 4.69) is 20.9 Å². The molecular formula is C21H15BrClN3O2S. The minimum atomic E-state index is -0.406. The summed E-state index contributed by atoms with van der Waals surface area (Å²) in [5, 5.41) is 11.5. The lowest BCUT2D eigenvalue weighted by Gasteiger charge is -2.25. The smallest absolute Gasteiger partial charge is 0.283 e. The van der Waals surface area contributed by atoms with Crippen LogP contribution in [-0.2, 0) is 11.4 Å². The summed E-state index contributed by atoms with van der Waals surface area (Å²) in [4.78, 5) is 18.2. The van der Waals surface area contributed by atoms with Gasteiger partial charge in [-0.15, -0.1) is 0 Å². The lowest BCUT2D eigenvalue weighted by atomic mass is 10.1. The molecule has 29 heavy (non-hydrogen) atoms. The second kappa shape index (κ2) is 8.18. The summed E-state index contributed by atoms with van der Waals surface area (Å²) in [5.74, 6) is 0.413. The van der Waals surface area contributed by atoms with E-state index in [1.807, 2.05) is 54.8 Å². The van der Waals surface area contributed by atoms with Crippen LogP contribution in [0.4, 0.5) is 0 Å². The molecule has 0 fully saturated rings. The maximum Gasteiger partial charge on any atom is 0.283 e. The van der Waals surface area contributed by atoms with Crippen molar-refractivity contribution in [1.82, 2.24) is 4.90 Å². The number of ether oxygens (including phenoxy) is 1. The van der Waals surface area contributed by atoms with Gasteiger partial charge in [0.15, 0.2) is 5.17 Å². The van der Waals surface area contributed by atoms with Crippen LogP contribution in [0.2, 0.25) is 5.02 Å². The number of benzene rings is 2. The monoisotopic (exact) mass is 487 g/mol. The second-order valence-corrected chi connectivity index (χ2v) is 8.55. The molecule has 146 valence electrons. The van der Waals surface area contributed by atoms with Crippen LogP contribution in [0.15, 0.2) is 68.6 Å². The lowest BCUT2D eigenvalue weighted by molar-refractivity contribution is -0.114. The zero-order chi connectivity index (χ0) is 20.5. The molecule has 1 amide bonds. The fourth-order valence-electron chi connectivity index (χ4n) is 2.87. The molecule has 2 aromatic carbocycles. The standard InChI is InChI=1S/C21H15BrClN3O2S/c1-12-11-29-21-25-20(27)16(19(24)26(12)21)8-14-4-7-18(17(22)9-14)28-10-13-2-5-15(23)6-3-13/h2-9,11,24H,10H2,1H3/b16-8-,24-19?. The number of amides is 1. The van der Waals surface area contributed by atoms with Gasteiger partial charge in [-0.3, -0.25) is 15.1 Å². The van der Waals surface area contributed by atoms with Gasteiger partial charge in [0.1, 0.15) is 18.2 Å². The highest BCUT2D eigenvalue weighted by Gasteiger charge is 2.33. The molecule has 0 atom stereocenters. The first-order valence-electron chi connectivity index (χ1n) is 8.66. The normalized spacial score (nSPS) is 17.3. The van der Waals surface area contributed by atoms with Gasteiger partial charge in [-0.1, -0.05) is 41.6 Å². The van der Waals surface area contributed by atoms with Crippen LogP contribution < -0.4 is 4.74 Å². The van der Waals surface area contributed by atoms with E-state index in [1.165, 1.54) is 11.8 Å². The molecular weight excluding hydrogens is 474 g/mol. The number of amidine groups is 2. The summed E-state index contributed by atoms with van der Waals surface area (Å²) >= 11 is 10.8. The Morgan fingerprint density at radius 1 is 1.28 bits per heavy atom. The zero-order valence-corrected chi connectivity index (χ0v) is 18.4. The molecule has 5 nitrogen and oxygen atoms in total. The average Bonchev–Trinajstić information content (AvgIpc) is 3.06. The highest BCUT2D eigenvalue weighted by Crippen LogP contribution is 2.33. The zero-order valence-electron chi connectivity index (χ0n) is 15.3. The quantitative estimate of drug-likeness (QED) is 0.548. The summed E-state index contributed by atoms with van der Waals surface area (Å²) in [6.07, 6.45) is 1.68. The van der Waals surface area contributed by atoms with E-state index in [-0.39, 0.29) is 11.4 Å². The topological polar surface area (TPSA) is 65.8 Å². The van der Waals surface area contributed by atoms with Crippen LogP contribution in [0.1, 0.15) is 18.1 Å². The molecule has 0 saturated carbocycles. The number of carbonyl (C=O) groups excluding carboxylic acids is 1. The summed E-state index contributed by atoms with van der Waals surface area (Å²) in [7, 11) is 0. The van der Waals surface area contributed by atoms with Crippen molar-refractivity contribution in [3.63, 3.8) is 0 Å². The van der Waals surface area contributed by atoms with E-state index < -0.39 is 5.91 Å². The molecule has 0 unspecified atom stereocenters. The number of aliphatic imine (C=N–C) groups is 1. The molecule has 4 rings (SSSR count). The van der Waals surface area contributed by atoms with Crippen LogP contribution in [0.5, 0.6) is 5.75 Å². The van der Waals surface area contributed by atoms with E-state index in [9.17, 15) is 4.79 Å². The summed E-state index contributed by atoms with van der Waals surface area (Å²) in [5.41, 5.74) is 2.92. The van der Waals surface area contributed by atoms with Crippen molar-refractivity contribution in [2.75, 3.05) is 0 Å². The predicted octanol–water partition coefficient (Wildman–Crippen LogP) is 5.85. The summed E-state index contributed by atoms with van der Waals surface area (Å²) in [6, 6.07) is 13.0. The minimum absolute atomic E-state index is 0.137. The number of hydrogen-bond acceptors (Lipinski definition) is 4. The number of thioether (sulfide) groups is 1. The number of rotatable bonds is 4. The number of nitrogens with zero attached hydrogens (tertiary/aromatic N) is 2. The summed E-state index contributed by atoms with van der Waals surface area (Å²) < 4.78 is 6.62. The van der Waals surface area contributed by atoms with Crippen LogP contribution in [-0.4, -0.2) is 21.8 Å². The number of hydrogen-bond donors (Lipinski definition) is 1. The molecule has 0 aromatic heterocycles. The molecule has 8 heteroatoms. The Balaban J connectivity index is 1.53. The molecule has 0 aliphatic carbocycles. The highest BCUT2D eigenvalue weighted by atomic mass is 79.9. The third-order valence-electron chi connectivity index (χ3n) is 4.36. The Bertz CT molecular complexity index is 1110. The molecule has 0 saturated heterocycles. The SMILES string of the molecule is CC1=CSC2=NC(=O)/C(=C\c3ccc(OCc4ccc(Cl)cc4)c(Br)c3)C(=N)N12.